The Bertz CT molecular complexity index is 409. The van der Waals surface area contributed by atoms with E-state index in [1.807, 2.05) is 0 Å². The Labute approximate surface area is 126 Å². The molecule has 1 aliphatic rings. The molecule has 21 heavy (non-hydrogen) atoms. The standard InChI is InChI=1S/C12H20N2O6S/c1-12(2,3)20-11(18)14-8(9(15)16)6-21-5-7-4-13-10(17)19-7/h7-8H,4-6H2,1-3H3,(H,13,17)(H,14,18)(H,15,16). The summed E-state index contributed by atoms with van der Waals surface area (Å²) >= 11 is 1.28. The Morgan fingerprint density at radius 2 is 2.24 bits per heavy atom. The lowest BCUT2D eigenvalue weighted by atomic mass is 10.2. The van der Waals surface area contributed by atoms with Gasteiger partial charge in [-0.15, -0.1) is 0 Å². The van der Waals surface area contributed by atoms with Crippen LogP contribution in [-0.4, -0.2) is 59.1 Å². The van der Waals surface area contributed by atoms with Gasteiger partial charge in [0.15, 0.2) is 0 Å². The van der Waals surface area contributed by atoms with Crippen molar-refractivity contribution in [1.29, 1.82) is 0 Å². The molecule has 3 N–H and O–H groups in total. The Hall–Kier alpha value is -1.64. The second kappa shape index (κ2) is 7.39. The predicted molar refractivity (Wildman–Crippen MR) is 76.4 cm³/mol. The van der Waals surface area contributed by atoms with Gasteiger partial charge in [-0.3, -0.25) is 0 Å². The van der Waals surface area contributed by atoms with E-state index in [1.165, 1.54) is 11.8 Å². The molecule has 8 nitrogen and oxygen atoms in total. The van der Waals surface area contributed by atoms with Crippen LogP contribution in [0.3, 0.4) is 0 Å². The van der Waals surface area contributed by atoms with Gasteiger partial charge in [0.1, 0.15) is 17.7 Å². The molecule has 1 saturated heterocycles. The molecule has 0 radical (unpaired) electrons. The Morgan fingerprint density at radius 3 is 2.71 bits per heavy atom. The van der Waals surface area contributed by atoms with Crippen molar-refractivity contribution >= 4 is 29.9 Å². The fraction of sp³-hybridized carbons (Fsp3) is 0.750. The van der Waals surface area contributed by atoms with Crippen LogP contribution in [0.1, 0.15) is 20.8 Å². The zero-order chi connectivity index (χ0) is 16.0. The number of aliphatic carboxylic acids is 1. The Balaban J connectivity index is 2.34. The van der Waals surface area contributed by atoms with Gasteiger partial charge in [0, 0.05) is 11.5 Å². The summed E-state index contributed by atoms with van der Waals surface area (Å²) in [6.45, 7) is 5.48. The molecule has 2 unspecified atom stereocenters. The molecule has 120 valence electrons. The van der Waals surface area contributed by atoms with Gasteiger partial charge >= 0.3 is 18.2 Å². The molecular weight excluding hydrogens is 300 g/mol. The molecule has 1 rings (SSSR count). The zero-order valence-electron chi connectivity index (χ0n) is 12.2. The first-order valence-corrected chi connectivity index (χ1v) is 7.57. The number of carboxylic acid groups (broad SMARTS) is 1. The predicted octanol–water partition coefficient (Wildman–Crippen LogP) is 0.806. The number of hydrogen-bond acceptors (Lipinski definition) is 6. The van der Waals surface area contributed by atoms with Crippen LogP contribution >= 0.6 is 11.8 Å². The molecule has 1 heterocycles. The number of alkyl carbamates (subject to hydrolysis) is 2. The number of carbonyl (C=O) groups excluding carboxylic acids is 2. The molecule has 2 atom stereocenters. The number of carbonyl (C=O) groups is 3. The lowest BCUT2D eigenvalue weighted by Gasteiger charge is -2.22. The molecule has 1 aliphatic heterocycles. The third-order valence-electron chi connectivity index (χ3n) is 2.33. The average molecular weight is 320 g/mol. The van der Waals surface area contributed by atoms with Crippen LogP contribution in [0, 0.1) is 0 Å². The monoisotopic (exact) mass is 320 g/mol. The molecular formula is C12H20N2O6S. The van der Waals surface area contributed by atoms with Gasteiger partial charge in [-0.2, -0.15) is 11.8 Å². The van der Waals surface area contributed by atoms with Gasteiger partial charge in [0.05, 0.1) is 6.54 Å². The second-order valence-corrected chi connectivity index (χ2v) is 6.56. The lowest BCUT2D eigenvalue weighted by molar-refractivity contribution is -0.138. The molecule has 0 aromatic rings. The number of nitrogens with one attached hydrogen (secondary N) is 2. The molecule has 0 aromatic carbocycles. The summed E-state index contributed by atoms with van der Waals surface area (Å²) in [5, 5.41) is 13.9. The number of hydrogen-bond donors (Lipinski definition) is 3. The fourth-order valence-electron chi connectivity index (χ4n) is 1.47. The lowest BCUT2D eigenvalue weighted by Crippen LogP contribution is -2.45. The van der Waals surface area contributed by atoms with E-state index >= 15 is 0 Å². The smallest absolute Gasteiger partial charge is 0.408 e. The van der Waals surface area contributed by atoms with Crippen molar-refractivity contribution in [3.05, 3.63) is 0 Å². The average Bonchev–Trinajstić information content (AvgIpc) is 2.71. The van der Waals surface area contributed by atoms with E-state index in [0.717, 1.165) is 0 Å². The number of thioether (sulfide) groups is 1. The number of carboxylic acids is 1. The van der Waals surface area contributed by atoms with Gasteiger partial charge in [-0.25, -0.2) is 14.4 Å². The molecule has 9 heteroatoms. The molecule has 0 aromatic heterocycles. The summed E-state index contributed by atoms with van der Waals surface area (Å²) in [5.74, 6) is -0.531. The maximum absolute atomic E-state index is 11.6. The number of cyclic esters (lactones) is 1. The second-order valence-electron chi connectivity index (χ2n) is 5.48. The highest BCUT2D eigenvalue weighted by Crippen LogP contribution is 2.12. The normalized spacial score (nSPS) is 19.4. The summed E-state index contributed by atoms with van der Waals surface area (Å²) < 4.78 is 9.93. The van der Waals surface area contributed by atoms with Gasteiger partial charge < -0.3 is 25.2 Å². The summed E-state index contributed by atoms with van der Waals surface area (Å²) in [5.41, 5.74) is -0.690. The fourth-order valence-corrected chi connectivity index (χ4v) is 2.51. The zero-order valence-corrected chi connectivity index (χ0v) is 13.0. The molecule has 0 aliphatic carbocycles. The molecule has 2 amide bonds. The first-order valence-electron chi connectivity index (χ1n) is 6.42. The first-order chi connectivity index (χ1) is 9.67. The third-order valence-corrected chi connectivity index (χ3v) is 3.50. The van der Waals surface area contributed by atoms with Crippen molar-refractivity contribution in [3.63, 3.8) is 0 Å². The van der Waals surface area contributed by atoms with E-state index in [1.54, 1.807) is 20.8 Å². The maximum atomic E-state index is 11.6. The quantitative estimate of drug-likeness (QED) is 0.663. The van der Waals surface area contributed by atoms with Crippen molar-refractivity contribution in [3.8, 4) is 0 Å². The van der Waals surface area contributed by atoms with Crippen LogP contribution in [0.5, 0.6) is 0 Å². The Morgan fingerprint density at radius 1 is 1.57 bits per heavy atom. The topological polar surface area (TPSA) is 114 Å². The van der Waals surface area contributed by atoms with Gasteiger partial charge in [0.25, 0.3) is 0 Å². The minimum atomic E-state index is -1.14. The molecule has 0 saturated carbocycles. The highest BCUT2D eigenvalue weighted by Gasteiger charge is 2.26. The minimum Gasteiger partial charge on any atom is -0.480 e. The largest absolute Gasteiger partial charge is 0.480 e. The van der Waals surface area contributed by atoms with Crippen molar-refractivity contribution in [2.75, 3.05) is 18.1 Å². The molecule has 0 bridgehead atoms. The summed E-state index contributed by atoms with van der Waals surface area (Å²) in [4.78, 5) is 33.5. The summed E-state index contributed by atoms with van der Waals surface area (Å²) in [6.07, 6.45) is -1.52. The van der Waals surface area contributed by atoms with Crippen molar-refractivity contribution < 1.29 is 29.0 Å². The van der Waals surface area contributed by atoms with Crippen molar-refractivity contribution in [2.24, 2.45) is 0 Å². The van der Waals surface area contributed by atoms with Crippen LogP contribution in [0.25, 0.3) is 0 Å². The van der Waals surface area contributed by atoms with Gasteiger partial charge in [0.2, 0.25) is 0 Å². The van der Waals surface area contributed by atoms with E-state index in [2.05, 4.69) is 10.6 Å². The van der Waals surface area contributed by atoms with Crippen molar-refractivity contribution in [2.45, 2.75) is 38.5 Å². The van der Waals surface area contributed by atoms with Crippen LogP contribution in [0.2, 0.25) is 0 Å². The first kappa shape index (κ1) is 17.4. The van der Waals surface area contributed by atoms with Crippen LogP contribution in [0.4, 0.5) is 9.59 Å². The van der Waals surface area contributed by atoms with Crippen LogP contribution in [0.15, 0.2) is 0 Å². The SMILES string of the molecule is CC(C)(C)OC(=O)NC(CSCC1CNC(=O)O1)C(=O)O. The van der Waals surface area contributed by atoms with E-state index in [4.69, 9.17) is 14.6 Å². The number of ether oxygens (including phenoxy) is 2. The van der Waals surface area contributed by atoms with E-state index in [-0.39, 0.29) is 11.9 Å². The van der Waals surface area contributed by atoms with E-state index in [9.17, 15) is 14.4 Å². The summed E-state index contributed by atoms with van der Waals surface area (Å²) in [7, 11) is 0. The number of amides is 2. The van der Waals surface area contributed by atoms with Crippen LogP contribution < -0.4 is 10.6 Å². The van der Waals surface area contributed by atoms with Gasteiger partial charge in [-0.05, 0) is 20.8 Å². The summed E-state index contributed by atoms with van der Waals surface area (Å²) in [6, 6.07) is -1.06. The third kappa shape index (κ3) is 7.07. The van der Waals surface area contributed by atoms with Crippen molar-refractivity contribution in [1.82, 2.24) is 10.6 Å². The van der Waals surface area contributed by atoms with E-state index in [0.29, 0.717) is 12.3 Å². The maximum Gasteiger partial charge on any atom is 0.408 e. The highest BCUT2D eigenvalue weighted by molar-refractivity contribution is 7.99. The van der Waals surface area contributed by atoms with E-state index < -0.39 is 29.8 Å². The van der Waals surface area contributed by atoms with Crippen LogP contribution in [-0.2, 0) is 14.3 Å². The molecule has 1 fully saturated rings. The molecule has 0 spiro atoms. The Kier molecular flexibility index (Phi) is 6.13. The number of rotatable bonds is 6. The minimum absolute atomic E-state index is 0.155. The van der Waals surface area contributed by atoms with Gasteiger partial charge in [-0.1, -0.05) is 0 Å². The highest BCUT2D eigenvalue weighted by atomic mass is 32.2.